The number of hydrogen-bond donors (Lipinski definition) is 2. The number of carboxylic acid groups (broad SMARTS) is 1. The molecule has 1 aromatic carbocycles. The van der Waals surface area contributed by atoms with Gasteiger partial charge in [-0.1, -0.05) is 23.7 Å². The highest BCUT2D eigenvalue weighted by Crippen LogP contribution is 2.22. The molecule has 0 aliphatic carbocycles. The van der Waals surface area contributed by atoms with Gasteiger partial charge in [0.15, 0.2) is 10.8 Å². The van der Waals surface area contributed by atoms with E-state index in [1.165, 1.54) is 0 Å². The number of anilines is 2. The Bertz CT molecular complexity index is 862. The number of carbonyl (C=O) groups is 1. The number of nitrogens with zero attached hydrogens (tertiary/aromatic N) is 4. The van der Waals surface area contributed by atoms with Gasteiger partial charge in [-0.2, -0.15) is 10.1 Å². The molecule has 0 atom stereocenters. The van der Waals surface area contributed by atoms with Gasteiger partial charge < -0.3 is 10.4 Å². The average molecular weight is 318 g/mol. The van der Waals surface area contributed by atoms with Gasteiger partial charge in [0, 0.05) is 18.9 Å². The van der Waals surface area contributed by atoms with Crippen molar-refractivity contribution in [3.8, 4) is 0 Å². The smallest absolute Gasteiger partial charge is 0.307 e. The fourth-order valence-corrected chi connectivity index (χ4v) is 2.37. The highest BCUT2D eigenvalue weighted by molar-refractivity contribution is 6.34. The molecule has 0 bridgehead atoms. The van der Waals surface area contributed by atoms with Gasteiger partial charge in [0.1, 0.15) is 0 Å². The molecule has 0 spiro atoms. The quantitative estimate of drug-likeness (QED) is 0.767. The van der Waals surface area contributed by atoms with Gasteiger partial charge in [-0.3, -0.25) is 4.79 Å². The van der Waals surface area contributed by atoms with Gasteiger partial charge in [0.25, 0.3) is 0 Å². The van der Waals surface area contributed by atoms with Gasteiger partial charge in [-0.05, 0) is 17.7 Å². The lowest BCUT2D eigenvalue weighted by molar-refractivity contribution is -0.136. The van der Waals surface area contributed by atoms with Gasteiger partial charge in [0.2, 0.25) is 5.95 Å². The molecule has 112 valence electrons. The number of aliphatic carboxylic acids is 1. The summed E-state index contributed by atoms with van der Waals surface area (Å²) in [7, 11) is 1.75. The topological polar surface area (TPSA) is 92.9 Å². The van der Waals surface area contributed by atoms with Crippen LogP contribution >= 0.6 is 11.6 Å². The van der Waals surface area contributed by atoms with E-state index in [1.54, 1.807) is 36.1 Å². The Labute approximate surface area is 130 Å². The lowest BCUT2D eigenvalue weighted by Crippen LogP contribution is -2.02. The standard InChI is InChI=1S/C14H12ClN5O2/c1-20-13-10(12(15)19-20)7-16-14(18-13)17-9-4-2-3-8(5-9)6-11(21)22/h2-5,7H,6H2,1H3,(H,21,22)(H,16,17,18). The van der Waals surface area contributed by atoms with Crippen molar-refractivity contribution >= 4 is 40.2 Å². The Kier molecular flexibility index (Phi) is 3.64. The summed E-state index contributed by atoms with van der Waals surface area (Å²) in [6.07, 6.45) is 1.56. The number of fused-ring (bicyclic) bond motifs is 1. The Morgan fingerprint density at radius 3 is 3.05 bits per heavy atom. The van der Waals surface area contributed by atoms with Crippen molar-refractivity contribution in [2.75, 3.05) is 5.32 Å². The number of hydrogen-bond acceptors (Lipinski definition) is 5. The summed E-state index contributed by atoms with van der Waals surface area (Å²) >= 11 is 5.97. The zero-order valence-electron chi connectivity index (χ0n) is 11.6. The first-order valence-electron chi connectivity index (χ1n) is 6.46. The van der Waals surface area contributed by atoms with E-state index in [0.29, 0.717) is 33.4 Å². The zero-order chi connectivity index (χ0) is 15.7. The molecule has 2 heterocycles. The maximum Gasteiger partial charge on any atom is 0.307 e. The summed E-state index contributed by atoms with van der Waals surface area (Å²) in [5.74, 6) is -0.487. The van der Waals surface area contributed by atoms with Crippen molar-refractivity contribution in [2.45, 2.75) is 6.42 Å². The van der Waals surface area contributed by atoms with Crippen LogP contribution in [0, 0.1) is 0 Å². The second-order valence-corrected chi connectivity index (χ2v) is 5.10. The summed E-state index contributed by atoms with van der Waals surface area (Å²) < 4.78 is 1.57. The molecule has 8 heteroatoms. The normalized spacial score (nSPS) is 10.8. The maximum atomic E-state index is 10.8. The van der Waals surface area contributed by atoms with Crippen molar-refractivity contribution in [1.82, 2.24) is 19.7 Å². The summed E-state index contributed by atoms with van der Waals surface area (Å²) in [6.45, 7) is 0. The molecule has 0 radical (unpaired) electrons. The molecule has 0 aliphatic heterocycles. The molecule has 0 fully saturated rings. The van der Waals surface area contributed by atoms with Crippen molar-refractivity contribution in [3.63, 3.8) is 0 Å². The second kappa shape index (κ2) is 5.61. The van der Waals surface area contributed by atoms with Crippen LogP contribution in [0.1, 0.15) is 5.56 Å². The van der Waals surface area contributed by atoms with E-state index in [0.717, 1.165) is 0 Å². The Morgan fingerprint density at radius 2 is 2.27 bits per heavy atom. The first-order valence-corrected chi connectivity index (χ1v) is 6.84. The van der Waals surface area contributed by atoms with E-state index in [1.807, 2.05) is 6.07 Å². The molecule has 3 rings (SSSR count). The molecule has 22 heavy (non-hydrogen) atoms. The van der Waals surface area contributed by atoms with Crippen LogP contribution in [-0.2, 0) is 18.3 Å². The number of carboxylic acids is 1. The van der Waals surface area contributed by atoms with E-state index < -0.39 is 5.97 Å². The van der Waals surface area contributed by atoms with E-state index >= 15 is 0 Å². The molecule has 3 aromatic rings. The highest BCUT2D eigenvalue weighted by atomic mass is 35.5. The average Bonchev–Trinajstić information content (AvgIpc) is 2.73. The van der Waals surface area contributed by atoms with Gasteiger partial charge in [0.05, 0.1) is 11.8 Å². The molecule has 7 nitrogen and oxygen atoms in total. The third kappa shape index (κ3) is 2.84. The molecule has 2 N–H and O–H groups in total. The van der Waals surface area contributed by atoms with E-state index in [-0.39, 0.29) is 6.42 Å². The van der Waals surface area contributed by atoms with Gasteiger partial charge >= 0.3 is 5.97 Å². The number of aryl methyl sites for hydroxylation is 1. The molecule has 0 saturated heterocycles. The van der Waals surface area contributed by atoms with Crippen LogP contribution in [0.2, 0.25) is 5.15 Å². The van der Waals surface area contributed by atoms with Crippen LogP contribution in [0.25, 0.3) is 11.0 Å². The number of rotatable bonds is 4. The lowest BCUT2D eigenvalue weighted by Gasteiger charge is -2.06. The summed E-state index contributed by atoms with van der Waals surface area (Å²) in [5.41, 5.74) is 2.03. The Hall–Kier alpha value is -2.67. The van der Waals surface area contributed by atoms with Crippen LogP contribution in [0.15, 0.2) is 30.5 Å². The van der Waals surface area contributed by atoms with Crippen LogP contribution in [-0.4, -0.2) is 30.8 Å². The molecule has 0 aliphatic rings. The molecule has 0 saturated carbocycles. The lowest BCUT2D eigenvalue weighted by atomic mass is 10.1. The fraction of sp³-hybridized carbons (Fsp3) is 0.143. The first kappa shape index (κ1) is 14.3. The van der Waals surface area contributed by atoms with Gasteiger partial charge in [-0.15, -0.1) is 0 Å². The minimum absolute atomic E-state index is 0.0350. The SMILES string of the molecule is Cn1nc(Cl)c2cnc(Nc3cccc(CC(=O)O)c3)nc21. The predicted octanol–water partition coefficient (Wildman–Crippen LogP) is 2.39. The second-order valence-electron chi connectivity index (χ2n) is 4.74. The summed E-state index contributed by atoms with van der Waals surface area (Å²) in [6, 6.07) is 7.09. The number of benzene rings is 1. The molecule has 2 aromatic heterocycles. The Balaban J connectivity index is 1.89. The minimum atomic E-state index is -0.876. The van der Waals surface area contributed by atoms with E-state index in [4.69, 9.17) is 16.7 Å². The number of aromatic nitrogens is 4. The van der Waals surface area contributed by atoms with Crippen LogP contribution in [0.4, 0.5) is 11.6 Å². The van der Waals surface area contributed by atoms with Crippen LogP contribution in [0.5, 0.6) is 0 Å². The van der Waals surface area contributed by atoms with Crippen LogP contribution < -0.4 is 5.32 Å². The maximum absolute atomic E-state index is 10.8. The molecule has 0 amide bonds. The van der Waals surface area contributed by atoms with E-state index in [2.05, 4.69) is 20.4 Å². The largest absolute Gasteiger partial charge is 0.481 e. The predicted molar refractivity (Wildman–Crippen MR) is 82.4 cm³/mol. The third-order valence-corrected chi connectivity index (χ3v) is 3.35. The zero-order valence-corrected chi connectivity index (χ0v) is 12.4. The monoisotopic (exact) mass is 317 g/mol. The first-order chi connectivity index (χ1) is 10.5. The third-order valence-electron chi connectivity index (χ3n) is 3.07. The van der Waals surface area contributed by atoms with Crippen LogP contribution in [0.3, 0.4) is 0 Å². The van der Waals surface area contributed by atoms with E-state index in [9.17, 15) is 4.79 Å². The van der Waals surface area contributed by atoms with Crippen molar-refractivity contribution in [3.05, 3.63) is 41.2 Å². The molecule has 0 unspecified atom stereocenters. The fourth-order valence-electron chi connectivity index (χ4n) is 2.12. The van der Waals surface area contributed by atoms with Gasteiger partial charge in [-0.25, -0.2) is 9.67 Å². The summed E-state index contributed by atoms with van der Waals surface area (Å²) in [4.78, 5) is 19.3. The van der Waals surface area contributed by atoms with Crippen molar-refractivity contribution in [2.24, 2.45) is 7.05 Å². The molecular formula is C14H12ClN5O2. The summed E-state index contributed by atoms with van der Waals surface area (Å²) in [5, 5.41) is 17.0. The number of halogens is 1. The molecular weight excluding hydrogens is 306 g/mol. The van der Waals surface area contributed by atoms with Crippen molar-refractivity contribution < 1.29 is 9.90 Å². The number of nitrogens with one attached hydrogen (secondary N) is 1. The highest BCUT2D eigenvalue weighted by Gasteiger charge is 2.10. The Morgan fingerprint density at radius 1 is 1.45 bits per heavy atom. The minimum Gasteiger partial charge on any atom is -0.481 e. The van der Waals surface area contributed by atoms with Crippen molar-refractivity contribution in [1.29, 1.82) is 0 Å².